The van der Waals surface area contributed by atoms with Gasteiger partial charge in [-0.15, -0.1) is 0 Å². The van der Waals surface area contributed by atoms with E-state index in [-0.39, 0.29) is 63.4 Å². The largest absolute Gasteiger partial charge is 0.462 e. The van der Waals surface area contributed by atoms with E-state index in [1.54, 1.807) is 6.92 Å². The molecule has 1 heterocycles. The summed E-state index contributed by atoms with van der Waals surface area (Å²) < 4.78 is 18.0. The Kier molecular flexibility index (Phi) is 6.81. The molecule has 2 saturated carbocycles. The van der Waals surface area contributed by atoms with Crippen molar-refractivity contribution in [3.8, 4) is 0 Å². The Morgan fingerprint density at radius 2 is 1.72 bits per heavy atom. The minimum absolute atomic E-state index is 0.0472. The minimum atomic E-state index is -0.246. The van der Waals surface area contributed by atoms with Crippen molar-refractivity contribution < 1.29 is 23.8 Å². The molecule has 5 aliphatic rings. The first kappa shape index (κ1) is 28.9. The number of carbonyl (C=O) groups excluding carboxylic acids is 2. The van der Waals surface area contributed by atoms with Crippen molar-refractivity contribution in [3.63, 3.8) is 0 Å². The van der Waals surface area contributed by atoms with E-state index in [0.717, 1.165) is 38.5 Å². The fourth-order valence-electron chi connectivity index (χ4n) is 10.5. The van der Waals surface area contributed by atoms with Crippen LogP contribution < -0.4 is 0 Å². The summed E-state index contributed by atoms with van der Waals surface area (Å²) in [5.74, 6) is 0.747. The standard InChI is InChI=1S/C34H52O5/c1-20(18-26(38-22(3)36)29-31(6,7)39-29)23-12-16-33(9)24(23)19-25(37-21(2)35)28-32(8)15-11-14-30(4,5)27(32)13-17-34(28,33)10/h11,14,20,25-29H,12-13,15-19H2,1-10H3/t20-,25+,26+,27+,28+,29-,32+,33+,34+/m1/s1. The Morgan fingerprint density at radius 3 is 2.31 bits per heavy atom. The molecule has 4 aliphatic carbocycles. The number of hydrogen-bond acceptors (Lipinski definition) is 5. The lowest BCUT2D eigenvalue weighted by Crippen LogP contribution is -2.64. The van der Waals surface area contributed by atoms with E-state index in [1.165, 1.54) is 24.5 Å². The zero-order valence-corrected chi connectivity index (χ0v) is 26.1. The predicted molar refractivity (Wildman–Crippen MR) is 153 cm³/mol. The number of allylic oxidation sites excluding steroid dienone is 3. The molecule has 9 atom stereocenters. The van der Waals surface area contributed by atoms with Gasteiger partial charge >= 0.3 is 11.9 Å². The van der Waals surface area contributed by atoms with Gasteiger partial charge in [0.1, 0.15) is 18.3 Å². The molecule has 0 radical (unpaired) electrons. The first-order valence-corrected chi connectivity index (χ1v) is 15.4. The minimum Gasteiger partial charge on any atom is -0.462 e. The molecule has 0 spiro atoms. The lowest BCUT2D eigenvalue weighted by molar-refractivity contribution is -0.206. The quantitative estimate of drug-likeness (QED) is 0.197. The van der Waals surface area contributed by atoms with Gasteiger partial charge in [0.15, 0.2) is 0 Å². The average Bonchev–Trinajstić information content (AvgIpc) is 3.28. The van der Waals surface area contributed by atoms with E-state index in [4.69, 9.17) is 14.2 Å². The van der Waals surface area contributed by atoms with Gasteiger partial charge in [-0.3, -0.25) is 9.59 Å². The van der Waals surface area contributed by atoms with E-state index in [1.807, 2.05) is 0 Å². The van der Waals surface area contributed by atoms with Crippen LogP contribution >= 0.6 is 0 Å². The second kappa shape index (κ2) is 9.19. The van der Waals surface area contributed by atoms with Gasteiger partial charge in [0.05, 0.1) is 5.60 Å². The van der Waals surface area contributed by atoms with Crippen molar-refractivity contribution in [3.05, 3.63) is 23.3 Å². The van der Waals surface area contributed by atoms with Crippen LogP contribution in [0.5, 0.6) is 0 Å². The number of fused-ring (bicyclic) bond motifs is 5. The third-order valence-electron chi connectivity index (χ3n) is 12.3. The van der Waals surface area contributed by atoms with Crippen LogP contribution in [0.1, 0.15) is 114 Å². The molecule has 5 rings (SSSR count). The maximum absolute atomic E-state index is 12.5. The van der Waals surface area contributed by atoms with Gasteiger partial charge < -0.3 is 14.2 Å². The van der Waals surface area contributed by atoms with Crippen molar-refractivity contribution in [2.24, 2.45) is 39.4 Å². The summed E-state index contributed by atoms with van der Waals surface area (Å²) in [6.45, 7) is 21.8. The molecule has 0 unspecified atom stereocenters. The fourth-order valence-corrected chi connectivity index (χ4v) is 10.5. The number of ether oxygens (including phenoxy) is 3. The van der Waals surface area contributed by atoms with E-state index >= 15 is 0 Å². The van der Waals surface area contributed by atoms with Gasteiger partial charge in [-0.2, -0.15) is 0 Å². The van der Waals surface area contributed by atoms with Crippen molar-refractivity contribution in [1.82, 2.24) is 0 Å². The molecule has 5 heteroatoms. The molecule has 0 aromatic rings. The van der Waals surface area contributed by atoms with Crippen LogP contribution in [0, 0.1) is 39.4 Å². The summed E-state index contributed by atoms with van der Waals surface area (Å²) >= 11 is 0. The predicted octanol–water partition coefficient (Wildman–Crippen LogP) is 7.58. The number of epoxide rings is 1. The normalized spacial score (nSPS) is 43.0. The lowest BCUT2D eigenvalue weighted by atomic mass is 9.36. The Hall–Kier alpha value is -1.62. The van der Waals surface area contributed by atoms with Crippen LogP contribution in [0.25, 0.3) is 0 Å². The van der Waals surface area contributed by atoms with Crippen LogP contribution in [0.2, 0.25) is 0 Å². The average molecular weight is 541 g/mol. The first-order valence-electron chi connectivity index (χ1n) is 15.4. The van der Waals surface area contributed by atoms with Gasteiger partial charge in [0.2, 0.25) is 0 Å². The van der Waals surface area contributed by atoms with Gasteiger partial charge in [-0.25, -0.2) is 0 Å². The van der Waals surface area contributed by atoms with Crippen LogP contribution in [0.15, 0.2) is 23.3 Å². The van der Waals surface area contributed by atoms with E-state index in [2.05, 4.69) is 67.5 Å². The molecule has 3 fully saturated rings. The summed E-state index contributed by atoms with van der Waals surface area (Å²) in [6.07, 6.45) is 11.7. The van der Waals surface area contributed by atoms with Crippen LogP contribution in [0.4, 0.5) is 0 Å². The monoisotopic (exact) mass is 540 g/mol. The molecular formula is C34H52O5. The van der Waals surface area contributed by atoms with Gasteiger partial charge in [0.25, 0.3) is 0 Å². The number of carbonyl (C=O) groups is 2. The zero-order valence-electron chi connectivity index (χ0n) is 26.1. The number of hydrogen-bond donors (Lipinski definition) is 0. The molecule has 1 aliphatic heterocycles. The molecule has 1 saturated heterocycles. The summed E-state index contributed by atoms with van der Waals surface area (Å²) in [5, 5.41) is 0. The van der Waals surface area contributed by atoms with E-state index in [9.17, 15) is 9.59 Å². The Morgan fingerprint density at radius 1 is 1.05 bits per heavy atom. The van der Waals surface area contributed by atoms with E-state index < -0.39 is 0 Å². The van der Waals surface area contributed by atoms with Gasteiger partial charge in [0, 0.05) is 26.2 Å². The molecule has 0 aromatic heterocycles. The lowest BCUT2D eigenvalue weighted by Gasteiger charge is -2.68. The molecular weight excluding hydrogens is 488 g/mol. The van der Waals surface area contributed by atoms with Gasteiger partial charge in [-0.05, 0) is 85.9 Å². The summed E-state index contributed by atoms with van der Waals surface area (Å²) in [6, 6.07) is 0. The van der Waals surface area contributed by atoms with Gasteiger partial charge in [-0.1, -0.05) is 64.8 Å². The van der Waals surface area contributed by atoms with Crippen molar-refractivity contribution in [2.75, 3.05) is 0 Å². The van der Waals surface area contributed by atoms with Crippen LogP contribution in [-0.4, -0.2) is 35.9 Å². The third-order valence-corrected chi connectivity index (χ3v) is 12.3. The summed E-state index contributed by atoms with van der Waals surface area (Å²) in [4.78, 5) is 24.5. The Balaban J connectivity index is 1.53. The topological polar surface area (TPSA) is 65.1 Å². The third kappa shape index (κ3) is 4.44. The van der Waals surface area contributed by atoms with Crippen molar-refractivity contribution >= 4 is 11.9 Å². The molecule has 0 amide bonds. The summed E-state index contributed by atoms with van der Waals surface area (Å²) in [7, 11) is 0. The molecule has 0 N–H and O–H groups in total. The molecule has 0 bridgehead atoms. The SMILES string of the molecule is CC(=O)O[C@@H](C[C@@H](C)C1=C2C[C@H](OC(C)=O)[C@H]3[C@@]4(C)CC=CC(C)(C)[C@@H]4CC[C@]3(C)[C@@]2(C)CC1)[C@H]1OC1(C)C. The molecule has 0 aromatic carbocycles. The fraction of sp³-hybridized carbons (Fsp3) is 0.824. The first-order chi connectivity index (χ1) is 18.0. The maximum atomic E-state index is 12.5. The van der Waals surface area contributed by atoms with Crippen LogP contribution in [-0.2, 0) is 23.8 Å². The van der Waals surface area contributed by atoms with Crippen molar-refractivity contribution in [2.45, 2.75) is 138 Å². The van der Waals surface area contributed by atoms with E-state index in [0.29, 0.717) is 11.8 Å². The Bertz CT molecular complexity index is 1100. The summed E-state index contributed by atoms with van der Waals surface area (Å²) in [5.41, 5.74) is 3.13. The molecule has 218 valence electrons. The highest BCUT2D eigenvalue weighted by molar-refractivity contribution is 5.66. The highest BCUT2D eigenvalue weighted by atomic mass is 16.6. The number of rotatable bonds is 6. The number of esters is 2. The molecule has 39 heavy (non-hydrogen) atoms. The second-order valence-corrected chi connectivity index (χ2v) is 15.5. The maximum Gasteiger partial charge on any atom is 0.302 e. The highest BCUT2D eigenvalue weighted by Gasteiger charge is 2.68. The van der Waals surface area contributed by atoms with Crippen molar-refractivity contribution in [1.29, 1.82) is 0 Å². The molecule has 5 nitrogen and oxygen atoms in total. The highest BCUT2D eigenvalue weighted by Crippen LogP contribution is 2.74. The Labute approximate surface area is 236 Å². The smallest absolute Gasteiger partial charge is 0.302 e. The zero-order chi connectivity index (χ0) is 28.8. The van der Waals surface area contributed by atoms with Crippen LogP contribution in [0.3, 0.4) is 0 Å². The second-order valence-electron chi connectivity index (χ2n) is 15.5.